The van der Waals surface area contributed by atoms with Gasteiger partial charge in [0.1, 0.15) is 0 Å². The first-order valence-electron chi connectivity index (χ1n) is 5.15. The predicted molar refractivity (Wildman–Crippen MR) is 62.7 cm³/mol. The van der Waals surface area contributed by atoms with Gasteiger partial charge in [-0.2, -0.15) is 0 Å². The Morgan fingerprint density at radius 1 is 0.750 bits per heavy atom. The minimum Gasteiger partial charge on any atom is -0.412 e. The molecule has 0 radical (unpaired) electrons. The van der Waals surface area contributed by atoms with Crippen LogP contribution in [0.25, 0.3) is 0 Å². The molecule has 0 aliphatic heterocycles. The third-order valence-electron chi connectivity index (χ3n) is 1.52. The standard InChI is InChI=1S/3C3H6O3.Bi.H2O/c3*1-2(4)3(5)6;;/h3*2,4H,1H3,(H,5,6);;1H2/q;;;+3;/p-3. The average Bonchev–Trinajstić information content (AvgIpc) is 2.27. The maximum absolute atomic E-state index is 11.1. The van der Waals surface area contributed by atoms with Crippen LogP contribution in [0.1, 0.15) is 20.8 Å². The van der Waals surface area contributed by atoms with Crippen molar-refractivity contribution in [1.29, 1.82) is 0 Å². The van der Waals surface area contributed by atoms with Gasteiger partial charge < -0.3 is 5.48 Å². The number of carbonyl (C=O) groups excluding carboxylic acids is 3. The molecule has 0 spiro atoms. The van der Waals surface area contributed by atoms with E-state index in [-0.39, 0.29) is 5.48 Å². The summed E-state index contributed by atoms with van der Waals surface area (Å²) in [6.07, 6.45) is -4.48. The minimum atomic E-state index is -4.30. The summed E-state index contributed by atoms with van der Waals surface area (Å²) in [5.74, 6) is -3.39. The van der Waals surface area contributed by atoms with E-state index >= 15 is 0 Å². The molecule has 20 heavy (non-hydrogen) atoms. The molecular weight excluding hydrogens is 477 g/mol. The first-order valence-corrected chi connectivity index (χ1v) is 9.40. The Kier molecular flexibility index (Phi) is 10.7. The van der Waals surface area contributed by atoms with E-state index in [0.29, 0.717) is 0 Å². The smallest absolute Gasteiger partial charge is 0.412 e. The first-order chi connectivity index (χ1) is 8.65. The summed E-state index contributed by atoms with van der Waals surface area (Å²) in [6.45, 7) is 3.33. The van der Waals surface area contributed by atoms with Gasteiger partial charge in [0, 0.05) is 0 Å². The van der Waals surface area contributed by atoms with E-state index in [0.717, 1.165) is 20.8 Å². The van der Waals surface area contributed by atoms with Crippen molar-refractivity contribution in [2.75, 3.05) is 0 Å². The van der Waals surface area contributed by atoms with Crippen LogP contribution < -0.4 is 0 Å². The molecule has 0 fully saturated rings. The Morgan fingerprint density at radius 2 is 0.950 bits per heavy atom. The van der Waals surface area contributed by atoms with E-state index in [2.05, 4.69) is 8.44 Å². The number of aliphatic hydroxyl groups is 3. The molecule has 0 heterocycles. The fourth-order valence-electron chi connectivity index (χ4n) is 0.505. The number of aliphatic hydroxyl groups excluding tert-OH is 3. The Balaban J connectivity index is 0. The first kappa shape index (κ1) is 21.4. The van der Waals surface area contributed by atoms with Crippen molar-refractivity contribution in [3.63, 3.8) is 0 Å². The number of hydrogen-bond acceptors (Lipinski definition) is 9. The molecule has 0 saturated heterocycles. The van der Waals surface area contributed by atoms with Gasteiger partial charge in [0.25, 0.3) is 0 Å². The summed E-state index contributed by atoms with van der Waals surface area (Å²) >= 11 is -4.30. The fraction of sp³-hybridized carbons (Fsp3) is 0.667. The van der Waals surface area contributed by atoms with Crippen LogP contribution in [0.4, 0.5) is 0 Å². The van der Waals surface area contributed by atoms with Crippen molar-refractivity contribution in [1.82, 2.24) is 0 Å². The van der Waals surface area contributed by atoms with Crippen LogP contribution in [-0.4, -0.2) is 80.1 Å². The zero-order chi connectivity index (χ0) is 15.2. The summed E-state index contributed by atoms with van der Waals surface area (Å²) in [6, 6.07) is 0. The molecule has 118 valence electrons. The Morgan fingerprint density at radius 3 is 1.10 bits per heavy atom. The van der Waals surface area contributed by atoms with E-state index in [4.69, 9.17) is 15.3 Å². The fourth-order valence-corrected chi connectivity index (χ4v) is 4.43. The normalized spacial score (nSPS) is 14.6. The topological polar surface area (TPSA) is 171 Å². The molecule has 0 aromatic heterocycles. The Hall–Kier alpha value is -0.867. The monoisotopic (exact) mass is 494 g/mol. The average molecular weight is 494 g/mol. The van der Waals surface area contributed by atoms with Crippen LogP contribution in [0.15, 0.2) is 0 Å². The molecule has 0 aromatic rings. The molecule has 0 bridgehead atoms. The minimum absolute atomic E-state index is 0. The Labute approximate surface area is 124 Å². The van der Waals surface area contributed by atoms with Crippen LogP contribution in [0.5, 0.6) is 0 Å². The number of rotatable bonds is 6. The van der Waals surface area contributed by atoms with Crippen molar-refractivity contribution in [3.05, 3.63) is 0 Å². The van der Waals surface area contributed by atoms with Crippen molar-refractivity contribution in [2.45, 2.75) is 39.1 Å². The van der Waals surface area contributed by atoms with Gasteiger partial charge in [0.05, 0.1) is 0 Å². The molecule has 11 heteroatoms. The predicted octanol–water partition coefficient (Wildman–Crippen LogP) is -3.08. The second kappa shape index (κ2) is 9.95. The molecule has 0 aliphatic carbocycles. The van der Waals surface area contributed by atoms with Crippen LogP contribution in [0.3, 0.4) is 0 Å². The van der Waals surface area contributed by atoms with Crippen molar-refractivity contribution in [3.8, 4) is 0 Å². The zero-order valence-corrected chi connectivity index (χ0v) is 14.4. The van der Waals surface area contributed by atoms with E-state index in [1.807, 2.05) is 0 Å². The van der Waals surface area contributed by atoms with E-state index in [1.54, 1.807) is 0 Å². The molecule has 5 N–H and O–H groups in total. The van der Waals surface area contributed by atoms with E-state index in [9.17, 15) is 14.4 Å². The van der Waals surface area contributed by atoms with Crippen molar-refractivity contribution in [2.24, 2.45) is 0 Å². The van der Waals surface area contributed by atoms with Gasteiger partial charge in [0.15, 0.2) is 0 Å². The van der Waals surface area contributed by atoms with Crippen LogP contribution in [0.2, 0.25) is 0 Å². The third kappa shape index (κ3) is 8.33. The molecule has 3 unspecified atom stereocenters. The van der Waals surface area contributed by atoms with Gasteiger partial charge in [0.2, 0.25) is 0 Å². The largest absolute Gasteiger partial charge is 0.412 e. The molecule has 0 aliphatic rings. The van der Waals surface area contributed by atoms with Crippen molar-refractivity contribution >= 4 is 41.0 Å². The number of hydrogen-bond donors (Lipinski definition) is 3. The summed E-state index contributed by atoms with van der Waals surface area (Å²) < 4.78 is 13.7. The van der Waals surface area contributed by atoms with Crippen LogP contribution in [0, 0.1) is 0 Å². The van der Waals surface area contributed by atoms with E-state index in [1.165, 1.54) is 0 Å². The number of carbonyl (C=O) groups is 3. The van der Waals surface area contributed by atoms with E-state index < -0.39 is 59.3 Å². The summed E-state index contributed by atoms with van der Waals surface area (Å²) in [5.41, 5.74) is 0. The van der Waals surface area contributed by atoms with Gasteiger partial charge in [-0.25, -0.2) is 0 Å². The van der Waals surface area contributed by atoms with Crippen LogP contribution >= 0.6 is 0 Å². The molecule has 3 atom stereocenters. The van der Waals surface area contributed by atoms with Gasteiger partial charge in [-0.05, 0) is 0 Å². The Bertz CT molecular complexity index is 287. The van der Waals surface area contributed by atoms with Gasteiger partial charge in [-0.3, -0.25) is 0 Å². The maximum Gasteiger partial charge on any atom is -0.412 e. The molecule has 0 rings (SSSR count). The van der Waals surface area contributed by atoms with Crippen molar-refractivity contribution < 1.29 is 43.6 Å². The SMILES string of the molecule is CC(O)C(=O)[O][Bi]([O]C(=O)C(C)O)[O]C(=O)C(C)O.O. The summed E-state index contributed by atoms with van der Waals surface area (Å²) in [4.78, 5) is 33.4. The molecular formula is C9H17BiO10. The van der Waals surface area contributed by atoms with Gasteiger partial charge in [-0.15, -0.1) is 0 Å². The zero-order valence-electron chi connectivity index (χ0n) is 11.0. The maximum atomic E-state index is 11.1. The second-order valence-electron chi connectivity index (χ2n) is 3.48. The summed E-state index contributed by atoms with van der Waals surface area (Å²) in [5, 5.41) is 26.8. The third-order valence-corrected chi connectivity index (χ3v) is 5.35. The molecule has 0 saturated carbocycles. The van der Waals surface area contributed by atoms with Gasteiger partial charge in [-0.1, -0.05) is 0 Å². The second-order valence-corrected chi connectivity index (χ2v) is 7.35. The molecule has 0 aromatic carbocycles. The van der Waals surface area contributed by atoms with Gasteiger partial charge >= 0.3 is 118 Å². The molecule has 10 nitrogen and oxygen atoms in total. The van der Waals surface area contributed by atoms with Crippen LogP contribution in [-0.2, 0) is 22.8 Å². The summed E-state index contributed by atoms with van der Waals surface area (Å²) in [7, 11) is 0. The molecule has 0 amide bonds. The quantitative estimate of drug-likeness (QED) is 0.324.